The molecule has 0 unspecified atom stereocenters. The van der Waals surface area contributed by atoms with Crippen LogP contribution < -0.4 is 15.4 Å². The Balaban J connectivity index is 1.41. The number of nitrogens with zero attached hydrogens (tertiary/aromatic N) is 1. The molecule has 4 rings (SSSR count). The van der Waals surface area contributed by atoms with Gasteiger partial charge in [0.25, 0.3) is 5.91 Å². The fourth-order valence-electron chi connectivity index (χ4n) is 4.31. The number of amides is 2. The van der Waals surface area contributed by atoms with E-state index >= 15 is 0 Å². The van der Waals surface area contributed by atoms with E-state index in [2.05, 4.69) is 30.5 Å². The SMILES string of the molecule is COc1ccccc1NC(=O)C1CCN(C(=O)c2ccccc2Nc2cccc(C)c2C)CC1. The third-order valence-electron chi connectivity index (χ3n) is 6.55. The summed E-state index contributed by atoms with van der Waals surface area (Å²) in [7, 11) is 1.59. The number of ether oxygens (including phenoxy) is 1. The monoisotopic (exact) mass is 457 g/mol. The largest absolute Gasteiger partial charge is 0.495 e. The highest BCUT2D eigenvalue weighted by Gasteiger charge is 2.29. The van der Waals surface area contributed by atoms with Gasteiger partial charge in [-0.2, -0.15) is 0 Å². The van der Waals surface area contributed by atoms with Gasteiger partial charge in [-0.3, -0.25) is 9.59 Å². The van der Waals surface area contributed by atoms with E-state index in [4.69, 9.17) is 4.74 Å². The average molecular weight is 458 g/mol. The third kappa shape index (κ3) is 5.06. The first-order valence-electron chi connectivity index (χ1n) is 11.6. The predicted octanol–water partition coefficient (Wildman–Crippen LogP) is 5.55. The lowest BCUT2D eigenvalue weighted by Gasteiger charge is -2.32. The van der Waals surface area contributed by atoms with Gasteiger partial charge in [-0.05, 0) is 68.1 Å². The maximum atomic E-state index is 13.4. The number of rotatable bonds is 6. The minimum atomic E-state index is -0.141. The number of para-hydroxylation sites is 3. The summed E-state index contributed by atoms with van der Waals surface area (Å²) in [5.74, 6) is 0.444. The number of methoxy groups -OCH3 is 1. The van der Waals surface area contributed by atoms with Crippen LogP contribution in [0.1, 0.15) is 34.3 Å². The molecule has 0 bridgehead atoms. The highest BCUT2D eigenvalue weighted by atomic mass is 16.5. The van der Waals surface area contributed by atoms with E-state index in [1.54, 1.807) is 7.11 Å². The zero-order valence-corrected chi connectivity index (χ0v) is 19.9. The highest BCUT2D eigenvalue weighted by molar-refractivity contribution is 6.00. The summed E-state index contributed by atoms with van der Waals surface area (Å²) in [4.78, 5) is 28.0. The molecule has 1 fully saturated rings. The second kappa shape index (κ2) is 10.4. The Morgan fingerprint density at radius 2 is 1.50 bits per heavy atom. The van der Waals surface area contributed by atoms with Crippen molar-refractivity contribution in [1.82, 2.24) is 4.90 Å². The fourth-order valence-corrected chi connectivity index (χ4v) is 4.31. The zero-order chi connectivity index (χ0) is 24.1. The van der Waals surface area contributed by atoms with Crippen LogP contribution in [0.3, 0.4) is 0 Å². The number of hydrogen-bond acceptors (Lipinski definition) is 4. The van der Waals surface area contributed by atoms with Crippen LogP contribution in [0.25, 0.3) is 0 Å². The number of anilines is 3. The van der Waals surface area contributed by atoms with Crippen molar-refractivity contribution in [2.45, 2.75) is 26.7 Å². The van der Waals surface area contributed by atoms with Crippen molar-refractivity contribution < 1.29 is 14.3 Å². The third-order valence-corrected chi connectivity index (χ3v) is 6.55. The summed E-state index contributed by atoms with van der Waals surface area (Å²) < 4.78 is 5.33. The van der Waals surface area contributed by atoms with Crippen LogP contribution in [0, 0.1) is 19.8 Å². The molecule has 176 valence electrons. The Morgan fingerprint density at radius 1 is 0.853 bits per heavy atom. The van der Waals surface area contributed by atoms with E-state index in [0.717, 1.165) is 16.9 Å². The van der Waals surface area contributed by atoms with Crippen LogP contribution >= 0.6 is 0 Å². The molecule has 0 aromatic heterocycles. The standard InChI is InChI=1S/C28H31N3O3/c1-19-9-8-13-23(20(19)2)29-24-11-5-4-10-22(24)28(33)31-17-15-21(16-18-31)27(32)30-25-12-6-7-14-26(25)34-3/h4-14,21,29H,15-18H2,1-3H3,(H,30,32). The Morgan fingerprint density at radius 3 is 2.24 bits per heavy atom. The van der Waals surface area contributed by atoms with Crippen LogP contribution in [-0.4, -0.2) is 36.9 Å². The molecule has 34 heavy (non-hydrogen) atoms. The summed E-state index contributed by atoms with van der Waals surface area (Å²) in [6.45, 7) is 5.23. The van der Waals surface area contributed by atoms with Gasteiger partial charge < -0.3 is 20.3 Å². The molecular formula is C28H31N3O3. The minimum Gasteiger partial charge on any atom is -0.495 e. The number of carbonyl (C=O) groups is 2. The molecule has 0 atom stereocenters. The van der Waals surface area contributed by atoms with Gasteiger partial charge in [-0.25, -0.2) is 0 Å². The van der Waals surface area contributed by atoms with Crippen molar-refractivity contribution in [3.63, 3.8) is 0 Å². The van der Waals surface area contributed by atoms with Crippen LogP contribution in [-0.2, 0) is 4.79 Å². The van der Waals surface area contributed by atoms with Crippen molar-refractivity contribution >= 4 is 28.9 Å². The summed E-state index contributed by atoms with van der Waals surface area (Å²) in [5.41, 5.74) is 5.44. The lowest BCUT2D eigenvalue weighted by Crippen LogP contribution is -2.41. The summed E-state index contributed by atoms with van der Waals surface area (Å²) in [5, 5.41) is 6.42. The first-order chi connectivity index (χ1) is 16.5. The molecule has 2 N–H and O–H groups in total. The maximum Gasteiger partial charge on any atom is 0.255 e. The Hall–Kier alpha value is -3.80. The van der Waals surface area contributed by atoms with Crippen LogP contribution in [0.5, 0.6) is 5.75 Å². The van der Waals surface area contributed by atoms with Gasteiger partial charge in [0.15, 0.2) is 0 Å². The molecule has 3 aromatic carbocycles. The quantitative estimate of drug-likeness (QED) is 0.509. The van der Waals surface area contributed by atoms with Gasteiger partial charge in [0.2, 0.25) is 5.91 Å². The van der Waals surface area contributed by atoms with Gasteiger partial charge in [0, 0.05) is 24.7 Å². The molecule has 1 heterocycles. The molecule has 1 aliphatic rings. The molecule has 6 nitrogen and oxygen atoms in total. The molecule has 6 heteroatoms. The van der Waals surface area contributed by atoms with Gasteiger partial charge in [-0.15, -0.1) is 0 Å². The molecule has 0 saturated carbocycles. The van der Waals surface area contributed by atoms with E-state index < -0.39 is 0 Å². The van der Waals surface area contributed by atoms with E-state index in [1.807, 2.05) is 65.6 Å². The lowest BCUT2D eigenvalue weighted by atomic mass is 9.95. The number of nitrogens with one attached hydrogen (secondary N) is 2. The van der Waals surface area contributed by atoms with E-state index in [1.165, 1.54) is 5.56 Å². The smallest absolute Gasteiger partial charge is 0.255 e. The maximum absolute atomic E-state index is 13.4. The molecule has 3 aromatic rings. The molecule has 2 amide bonds. The number of benzene rings is 3. The van der Waals surface area contributed by atoms with Crippen molar-refractivity contribution in [2.75, 3.05) is 30.8 Å². The van der Waals surface area contributed by atoms with Gasteiger partial charge in [0.05, 0.1) is 24.0 Å². The fraction of sp³-hybridized carbons (Fsp3) is 0.286. The number of carbonyl (C=O) groups excluding carboxylic acids is 2. The van der Waals surface area contributed by atoms with Crippen LogP contribution in [0.2, 0.25) is 0 Å². The number of hydrogen-bond donors (Lipinski definition) is 2. The first kappa shape index (κ1) is 23.4. The molecule has 0 aliphatic carbocycles. The normalized spacial score (nSPS) is 13.9. The second-order valence-corrected chi connectivity index (χ2v) is 8.67. The second-order valence-electron chi connectivity index (χ2n) is 8.67. The van der Waals surface area contributed by atoms with Gasteiger partial charge >= 0.3 is 0 Å². The van der Waals surface area contributed by atoms with E-state index in [-0.39, 0.29) is 17.7 Å². The first-order valence-corrected chi connectivity index (χ1v) is 11.6. The molecule has 0 spiro atoms. The number of likely N-dealkylation sites (tertiary alicyclic amines) is 1. The van der Waals surface area contributed by atoms with Crippen molar-refractivity contribution in [1.29, 1.82) is 0 Å². The topological polar surface area (TPSA) is 70.7 Å². The highest BCUT2D eigenvalue weighted by Crippen LogP contribution is 2.29. The van der Waals surface area contributed by atoms with Crippen molar-refractivity contribution in [3.8, 4) is 5.75 Å². The Bertz CT molecular complexity index is 1180. The molecular weight excluding hydrogens is 426 g/mol. The molecule has 0 radical (unpaired) electrons. The van der Waals surface area contributed by atoms with Crippen LogP contribution in [0.4, 0.5) is 17.1 Å². The predicted molar refractivity (Wildman–Crippen MR) is 136 cm³/mol. The number of piperidine rings is 1. The van der Waals surface area contributed by atoms with E-state index in [9.17, 15) is 9.59 Å². The van der Waals surface area contributed by atoms with E-state index in [0.29, 0.717) is 42.9 Å². The van der Waals surface area contributed by atoms with Crippen LogP contribution in [0.15, 0.2) is 66.7 Å². The summed E-state index contributed by atoms with van der Waals surface area (Å²) in [6, 6.07) is 21.1. The number of aryl methyl sites for hydroxylation is 1. The zero-order valence-electron chi connectivity index (χ0n) is 19.9. The summed E-state index contributed by atoms with van der Waals surface area (Å²) >= 11 is 0. The Labute approximate surface area is 200 Å². The minimum absolute atomic E-state index is 0.0167. The molecule has 1 saturated heterocycles. The van der Waals surface area contributed by atoms with Gasteiger partial charge in [-0.1, -0.05) is 36.4 Å². The molecule has 1 aliphatic heterocycles. The summed E-state index contributed by atoms with van der Waals surface area (Å²) in [6.07, 6.45) is 1.25. The van der Waals surface area contributed by atoms with Gasteiger partial charge in [0.1, 0.15) is 5.75 Å². The van der Waals surface area contributed by atoms with Crippen molar-refractivity contribution in [2.24, 2.45) is 5.92 Å². The lowest BCUT2D eigenvalue weighted by molar-refractivity contribution is -0.121. The Kier molecular flexibility index (Phi) is 7.16. The average Bonchev–Trinajstić information content (AvgIpc) is 2.87. The van der Waals surface area contributed by atoms with Crippen molar-refractivity contribution in [3.05, 3.63) is 83.4 Å².